The van der Waals surface area contributed by atoms with Gasteiger partial charge in [0.1, 0.15) is 0 Å². The molecule has 0 spiro atoms. The Balaban J connectivity index is 2.26. The molecule has 1 nitrogen and oxygen atoms in total. The van der Waals surface area contributed by atoms with E-state index < -0.39 is 0 Å². The standard InChI is InChI=1S/C16H15NS/c1-12(2)15-5-3-4-6-16(15)18-14-9-7-13(11-17)8-10-14/h3-10,12H,1-2H3. The van der Waals surface area contributed by atoms with Crippen molar-refractivity contribution < 1.29 is 0 Å². The monoisotopic (exact) mass is 253 g/mol. The fourth-order valence-corrected chi connectivity index (χ4v) is 2.87. The summed E-state index contributed by atoms with van der Waals surface area (Å²) in [6.07, 6.45) is 0. The normalized spacial score (nSPS) is 10.3. The summed E-state index contributed by atoms with van der Waals surface area (Å²) in [6.45, 7) is 4.41. The minimum Gasteiger partial charge on any atom is -0.192 e. The molecule has 2 heteroatoms. The summed E-state index contributed by atoms with van der Waals surface area (Å²) >= 11 is 1.75. The lowest BCUT2D eigenvalue weighted by atomic mass is 10.0. The molecule has 0 heterocycles. The molecule has 0 aliphatic rings. The van der Waals surface area contributed by atoms with E-state index in [0.717, 1.165) is 0 Å². The topological polar surface area (TPSA) is 23.8 Å². The molecule has 18 heavy (non-hydrogen) atoms. The smallest absolute Gasteiger partial charge is 0.0991 e. The molecule has 2 rings (SSSR count). The lowest BCUT2D eigenvalue weighted by molar-refractivity contribution is 0.842. The van der Waals surface area contributed by atoms with Gasteiger partial charge < -0.3 is 0 Å². The molecule has 0 radical (unpaired) electrons. The van der Waals surface area contributed by atoms with Crippen LogP contribution in [0, 0.1) is 11.3 Å². The molecule has 0 saturated heterocycles. The molecule has 0 fully saturated rings. The van der Waals surface area contributed by atoms with Crippen LogP contribution in [0.4, 0.5) is 0 Å². The Morgan fingerprint density at radius 2 is 1.67 bits per heavy atom. The molecule has 0 amide bonds. The average Bonchev–Trinajstić information content (AvgIpc) is 2.40. The van der Waals surface area contributed by atoms with E-state index in [-0.39, 0.29) is 0 Å². The fraction of sp³-hybridized carbons (Fsp3) is 0.188. The van der Waals surface area contributed by atoms with E-state index in [9.17, 15) is 0 Å². The minimum absolute atomic E-state index is 0.520. The Morgan fingerprint density at radius 1 is 1.00 bits per heavy atom. The number of nitriles is 1. The molecule has 0 saturated carbocycles. The highest BCUT2D eigenvalue weighted by molar-refractivity contribution is 7.99. The maximum absolute atomic E-state index is 8.78. The van der Waals surface area contributed by atoms with Crippen LogP contribution in [0.5, 0.6) is 0 Å². The van der Waals surface area contributed by atoms with Gasteiger partial charge in [-0.3, -0.25) is 0 Å². The highest BCUT2D eigenvalue weighted by Crippen LogP contribution is 2.33. The molecule has 0 aliphatic heterocycles. The second-order valence-corrected chi connectivity index (χ2v) is 5.55. The van der Waals surface area contributed by atoms with Crippen LogP contribution in [0.1, 0.15) is 30.9 Å². The maximum atomic E-state index is 8.78. The second-order valence-electron chi connectivity index (χ2n) is 4.43. The van der Waals surface area contributed by atoms with Crippen molar-refractivity contribution in [2.45, 2.75) is 29.6 Å². The first-order valence-corrected chi connectivity index (χ1v) is 6.79. The van der Waals surface area contributed by atoms with Gasteiger partial charge >= 0.3 is 0 Å². The van der Waals surface area contributed by atoms with Crippen molar-refractivity contribution in [3.05, 3.63) is 59.7 Å². The van der Waals surface area contributed by atoms with E-state index in [0.29, 0.717) is 11.5 Å². The summed E-state index contributed by atoms with van der Waals surface area (Å²) < 4.78 is 0. The van der Waals surface area contributed by atoms with Crippen LogP contribution in [0.25, 0.3) is 0 Å². The van der Waals surface area contributed by atoms with Gasteiger partial charge in [-0.05, 0) is 41.8 Å². The number of rotatable bonds is 3. The molecule has 2 aromatic rings. The van der Waals surface area contributed by atoms with E-state index in [1.54, 1.807) is 11.8 Å². The van der Waals surface area contributed by atoms with Crippen LogP contribution >= 0.6 is 11.8 Å². The number of hydrogen-bond acceptors (Lipinski definition) is 2. The van der Waals surface area contributed by atoms with Crippen LogP contribution < -0.4 is 0 Å². The highest BCUT2D eigenvalue weighted by atomic mass is 32.2. The average molecular weight is 253 g/mol. The molecule has 0 N–H and O–H groups in total. The summed E-state index contributed by atoms with van der Waals surface area (Å²) in [5.41, 5.74) is 2.07. The Morgan fingerprint density at radius 3 is 2.28 bits per heavy atom. The van der Waals surface area contributed by atoms with E-state index in [1.165, 1.54) is 15.4 Å². The van der Waals surface area contributed by atoms with Crippen molar-refractivity contribution >= 4 is 11.8 Å². The Bertz CT molecular complexity index is 564. The maximum Gasteiger partial charge on any atom is 0.0991 e. The first kappa shape index (κ1) is 12.7. The SMILES string of the molecule is CC(C)c1ccccc1Sc1ccc(C#N)cc1. The summed E-state index contributed by atoms with van der Waals surface area (Å²) in [7, 11) is 0. The summed E-state index contributed by atoms with van der Waals surface area (Å²) in [5.74, 6) is 0.520. The predicted octanol–water partition coefficient (Wildman–Crippen LogP) is 4.83. The van der Waals surface area contributed by atoms with Crippen LogP contribution in [0.15, 0.2) is 58.3 Å². The Kier molecular flexibility index (Phi) is 4.07. The summed E-state index contributed by atoms with van der Waals surface area (Å²) in [6, 6.07) is 18.3. The first-order valence-electron chi connectivity index (χ1n) is 5.97. The molecule has 0 aliphatic carbocycles. The van der Waals surface area contributed by atoms with E-state index in [4.69, 9.17) is 5.26 Å². The first-order chi connectivity index (χ1) is 8.70. The van der Waals surface area contributed by atoms with Crippen molar-refractivity contribution in [3.8, 4) is 6.07 Å². The molecule has 0 aromatic heterocycles. The van der Waals surface area contributed by atoms with Crippen molar-refractivity contribution in [3.63, 3.8) is 0 Å². The van der Waals surface area contributed by atoms with Gasteiger partial charge in [0.15, 0.2) is 0 Å². The molecule has 0 bridgehead atoms. The van der Waals surface area contributed by atoms with Crippen LogP contribution in [-0.2, 0) is 0 Å². The molecule has 0 unspecified atom stereocenters. The zero-order chi connectivity index (χ0) is 13.0. The Hall–Kier alpha value is -1.72. The van der Waals surface area contributed by atoms with Gasteiger partial charge in [0.2, 0.25) is 0 Å². The Labute approximate surface area is 112 Å². The van der Waals surface area contributed by atoms with Crippen molar-refractivity contribution in [2.24, 2.45) is 0 Å². The number of benzene rings is 2. The van der Waals surface area contributed by atoms with Gasteiger partial charge in [0.25, 0.3) is 0 Å². The van der Waals surface area contributed by atoms with Crippen molar-refractivity contribution in [2.75, 3.05) is 0 Å². The van der Waals surface area contributed by atoms with Gasteiger partial charge in [-0.25, -0.2) is 0 Å². The zero-order valence-corrected chi connectivity index (χ0v) is 11.4. The van der Waals surface area contributed by atoms with Gasteiger partial charge in [-0.15, -0.1) is 0 Å². The van der Waals surface area contributed by atoms with Gasteiger partial charge in [0, 0.05) is 9.79 Å². The zero-order valence-electron chi connectivity index (χ0n) is 10.6. The highest BCUT2D eigenvalue weighted by Gasteiger charge is 2.07. The number of hydrogen-bond donors (Lipinski definition) is 0. The lowest BCUT2D eigenvalue weighted by Gasteiger charge is -2.11. The second kappa shape index (κ2) is 5.75. The van der Waals surface area contributed by atoms with Gasteiger partial charge in [-0.1, -0.05) is 43.8 Å². The third-order valence-corrected chi connectivity index (χ3v) is 3.85. The quantitative estimate of drug-likeness (QED) is 0.782. The van der Waals surface area contributed by atoms with E-state index >= 15 is 0 Å². The molecule has 0 atom stereocenters. The molecule has 90 valence electrons. The van der Waals surface area contributed by atoms with Crippen LogP contribution in [0.2, 0.25) is 0 Å². The van der Waals surface area contributed by atoms with Crippen molar-refractivity contribution in [1.82, 2.24) is 0 Å². The van der Waals surface area contributed by atoms with Crippen LogP contribution in [-0.4, -0.2) is 0 Å². The molecular formula is C16H15NS. The fourth-order valence-electron chi connectivity index (χ4n) is 1.77. The number of nitrogens with zero attached hydrogens (tertiary/aromatic N) is 1. The van der Waals surface area contributed by atoms with Gasteiger partial charge in [0.05, 0.1) is 11.6 Å². The largest absolute Gasteiger partial charge is 0.192 e. The molecule has 2 aromatic carbocycles. The van der Waals surface area contributed by atoms with Gasteiger partial charge in [-0.2, -0.15) is 5.26 Å². The summed E-state index contributed by atoms with van der Waals surface area (Å²) in [4.78, 5) is 2.46. The third-order valence-electron chi connectivity index (χ3n) is 2.75. The van der Waals surface area contributed by atoms with Crippen LogP contribution in [0.3, 0.4) is 0 Å². The van der Waals surface area contributed by atoms with E-state index in [1.807, 2.05) is 24.3 Å². The summed E-state index contributed by atoms with van der Waals surface area (Å²) in [5, 5.41) is 8.78. The minimum atomic E-state index is 0.520. The third kappa shape index (κ3) is 2.94. The van der Waals surface area contributed by atoms with Crippen molar-refractivity contribution in [1.29, 1.82) is 5.26 Å². The molecular weight excluding hydrogens is 238 g/mol. The predicted molar refractivity (Wildman–Crippen MR) is 75.8 cm³/mol. The van der Waals surface area contributed by atoms with E-state index in [2.05, 4.69) is 44.2 Å². The lowest BCUT2D eigenvalue weighted by Crippen LogP contribution is -1.90.